The minimum atomic E-state index is -4.51. The maximum absolute atomic E-state index is 13.9. The van der Waals surface area contributed by atoms with Crippen LogP contribution >= 0.6 is 0 Å². The molecule has 1 aliphatic rings. The summed E-state index contributed by atoms with van der Waals surface area (Å²) in [5.74, 6) is 2.68. The molecule has 1 unspecified atom stereocenters. The van der Waals surface area contributed by atoms with E-state index < -0.39 is 22.8 Å². The van der Waals surface area contributed by atoms with Gasteiger partial charge in [-0.05, 0) is 56.9 Å². The number of methoxy groups -OCH3 is 1. The third kappa shape index (κ3) is 4.36. The highest BCUT2D eigenvalue weighted by Gasteiger charge is 2.51. The molecule has 0 aliphatic carbocycles. The third-order valence-electron chi connectivity index (χ3n) is 7.50. The van der Waals surface area contributed by atoms with Crippen LogP contribution in [0.3, 0.4) is 0 Å². The first-order valence-electron chi connectivity index (χ1n) is 12.4. The van der Waals surface area contributed by atoms with Gasteiger partial charge in [0.15, 0.2) is 17.5 Å². The SMILES string of the molecule is COc1cc(-c2nnc3n2CCCC3(Cc2ccccc2C(F)(F)F)C(C)(C)O)ccc1-c1cnc(C)o1. The number of fused-ring (bicyclic) bond motifs is 1. The van der Waals surface area contributed by atoms with Gasteiger partial charge in [-0.1, -0.05) is 24.3 Å². The van der Waals surface area contributed by atoms with Gasteiger partial charge in [-0.3, -0.25) is 0 Å². The Bertz CT molecular complexity index is 1470. The largest absolute Gasteiger partial charge is 0.496 e. The van der Waals surface area contributed by atoms with Crippen LogP contribution in [0.25, 0.3) is 22.7 Å². The number of benzene rings is 2. The van der Waals surface area contributed by atoms with Crippen LogP contribution in [0.2, 0.25) is 0 Å². The van der Waals surface area contributed by atoms with E-state index in [1.165, 1.54) is 12.1 Å². The number of aromatic nitrogens is 4. The number of rotatable bonds is 6. The van der Waals surface area contributed by atoms with Gasteiger partial charge in [0.1, 0.15) is 11.6 Å². The molecule has 1 atom stereocenters. The molecular weight excluding hydrogens is 497 g/mol. The van der Waals surface area contributed by atoms with E-state index in [0.29, 0.717) is 48.4 Å². The van der Waals surface area contributed by atoms with E-state index >= 15 is 0 Å². The van der Waals surface area contributed by atoms with Crippen molar-refractivity contribution >= 4 is 0 Å². The molecule has 0 saturated carbocycles. The number of ether oxygens (including phenoxy) is 1. The topological polar surface area (TPSA) is 86.2 Å². The van der Waals surface area contributed by atoms with Gasteiger partial charge >= 0.3 is 6.18 Å². The van der Waals surface area contributed by atoms with E-state index in [2.05, 4.69) is 15.2 Å². The molecule has 0 amide bonds. The summed E-state index contributed by atoms with van der Waals surface area (Å²) in [6.07, 6.45) is -1.80. The van der Waals surface area contributed by atoms with Crippen LogP contribution in [0.1, 0.15) is 49.5 Å². The van der Waals surface area contributed by atoms with E-state index in [4.69, 9.17) is 9.15 Å². The molecule has 5 rings (SSSR count). The third-order valence-corrected chi connectivity index (χ3v) is 7.50. The number of nitrogens with zero attached hydrogens (tertiary/aromatic N) is 4. The van der Waals surface area contributed by atoms with E-state index in [1.807, 2.05) is 22.8 Å². The van der Waals surface area contributed by atoms with Crippen molar-refractivity contribution < 1.29 is 27.4 Å². The summed E-state index contributed by atoms with van der Waals surface area (Å²) < 4.78 is 54.7. The van der Waals surface area contributed by atoms with Crippen molar-refractivity contribution in [3.63, 3.8) is 0 Å². The monoisotopic (exact) mass is 526 g/mol. The van der Waals surface area contributed by atoms with Gasteiger partial charge in [0.05, 0.1) is 35.4 Å². The summed E-state index contributed by atoms with van der Waals surface area (Å²) in [5.41, 5.74) is -1.59. The lowest BCUT2D eigenvalue weighted by molar-refractivity contribution is -0.138. The van der Waals surface area contributed by atoms with Crippen molar-refractivity contribution in [1.82, 2.24) is 19.7 Å². The summed E-state index contributed by atoms with van der Waals surface area (Å²) in [5, 5.41) is 20.4. The van der Waals surface area contributed by atoms with Crippen LogP contribution in [-0.4, -0.2) is 37.6 Å². The smallest absolute Gasteiger partial charge is 0.416 e. The Morgan fingerprint density at radius 2 is 1.89 bits per heavy atom. The lowest BCUT2D eigenvalue weighted by Crippen LogP contribution is -2.52. The summed E-state index contributed by atoms with van der Waals surface area (Å²) >= 11 is 0. The first-order chi connectivity index (χ1) is 17.9. The molecule has 0 bridgehead atoms. The standard InChI is InChI=1S/C28H29F3N4O3/c1-17-32-16-23(38-17)20-11-10-18(14-22(20)37-4)24-33-34-25-27(26(2,3)36,12-7-13-35(24)25)15-19-8-5-6-9-21(19)28(29,30)31/h5-6,8-11,14,16,36H,7,12-13,15H2,1-4H3. The van der Waals surface area contributed by atoms with Gasteiger partial charge in [0, 0.05) is 19.0 Å². The quantitative estimate of drug-likeness (QED) is 0.333. The molecule has 0 fully saturated rings. The lowest BCUT2D eigenvalue weighted by Gasteiger charge is -2.45. The second-order valence-electron chi connectivity index (χ2n) is 10.2. The Kier molecular flexibility index (Phi) is 6.33. The van der Waals surface area contributed by atoms with E-state index in [0.717, 1.165) is 17.2 Å². The van der Waals surface area contributed by atoms with Crippen LogP contribution in [0.15, 0.2) is 53.1 Å². The maximum Gasteiger partial charge on any atom is 0.416 e. The van der Waals surface area contributed by atoms with Crippen molar-refractivity contribution in [2.75, 3.05) is 7.11 Å². The Morgan fingerprint density at radius 3 is 2.55 bits per heavy atom. The zero-order valence-corrected chi connectivity index (χ0v) is 21.6. The number of oxazole rings is 1. The summed E-state index contributed by atoms with van der Waals surface area (Å²) in [7, 11) is 1.56. The molecule has 2 aromatic carbocycles. The zero-order valence-electron chi connectivity index (χ0n) is 21.6. The van der Waals surface area contributed by atoms with Crippen LogP contribution in [0, 0.1) is 6.92 Å². The van der Waals surface area contributed by atoms with Crippen LogP contribution in [0.5, 0.6) is 5.75 Å². The molecule has 1 N–H and O–H groups in total. The number of alkyl halides is 3. The minimum Gasteiger partial charge on any atom is -0.496 e. The van der Waals surface area contributed by atoms with Gasteiger partial charge in [-0.2, -0.15) is 13.2 Å². The van der Waals surface area contributed by atoms with Crippen molar-refractivity contribution in [1.29, 1.82) is 0 Å². The molecule has 10 heteroatoms. The first kappa shape index (κ1) is 26.0. The Labute approximate surface area is 218 Å². The number of hydrogen-bond donors (Lipinski definition) is 1. The number of hydrogen-bond acceptors (Lipinski definition) is 6. The lowest BCUT2D eigenvalue weighted by atomic mass is 9.64. The minimum absolute atomic E-state index is 0.0303. The average molecular weight is 527 g/mol. The molecule has 0 radical (unpaired) electrons. The summed E-state index contributed by atoms with van der Waals surface area (Å²) in [6.45, 7) is 5.59. The van der Waals surface area contributed by atoms with Crippen molar-refractivity contribution in [3.05, 3.63) is 71.5 Å². The van der Waals surface area contributed by atoms with E-state index in [-0.39, 0.29) is 12.0 Å². The predicted molar refractivity (Wildman–Crippen MR) is 135 cm³/mol. The molecular formula is C28H29F3N4O3. The van der Waals surface area contributed by atoms with Crippen molar-refractivity contribution in [3.8, 4) is 28.5 Å². The second kappa shape index (κ2) is 9.27. The fourth-order valence-electron chi connectivity index (χ4n) is 5.49. The fourth-order valence-corrected chi connectivity index (χ4v) is 5.49. The molecule has 2 aromatic heterocycles. The highest BCUT2D eigenvalue weighted by Crippen LogP contribution is 2.47. The van der Waals surface area contributed by atoms with Crippen molar-refractivity contribution in [2.45, 2.75) is 63.8 Å². The Hall–Kier alpha value is -3.66. The molecule has 3 heterocycles. The van der Waals surface area contributed by atoms with Crippen molar-refractivity contribution in [2.24, 2.45) is 0 Å². The Morgan fingerprint density at radius 1 is 1.13 bits per heavy atom. The van der Waals surface area contributed by atoms with E-state index in [1.54, 1.807) is 40.1 Å². The molecule has 0 spiro atoms. The van der Waals surface area contributed by atoms with Gasteiger partial charge in [-0.25, -0.2) is 4.98 Å². The fraction of sp³-hybridized carbons (Fsp3) is 0.393. The van der Waals surface area contributed by atoms with Gasteiger partial charge in [0.25, 0.3) is 0 Å². The second-order valence-corrected chi connectivity index (χ2v) is 10.2. The first-order valence-corrected chi connectivity index (χ1v) is 12.4. The zero-order chi connectivity index (χ0) is 27.3. The van der Waals surface area contributed by atoms with Crippen LogP contribution in [0.4, 0.5) is 13.2 Å². The number of aliphatic hydroxyl groups is 1. The molecule has 1 aliphatic heterocycles. The summed E-state index contributed by atoms with van der Waals surface area (Å²) in [6, 6.07) is 11.1. The summed E-state index contributed by atoms with van der Waals surface area (Å²) in [4.78, 5) is 4.15. The molecule has 38 heavy (non-hydrogen) atoms. The molecule has 4 aromatic rings. The maximum atomic E-state index is 13.9. The van der Waals surface area contributed by atoms with Gasteiger partial charge in [-0.15, -0.1) is 10.2 Å². The number of aryl methyl sites for hydroxylation is 1. The highest BCUT2D eigenvalue weighted by molar-refractivity contribution is 5.71. The predicted octanol–water partition coefficient (Wildman–Crippen LogP) is 5.98. The van der Waals surface area contributed by atoms with Gasteiger partial charge < -0.3 is 18.8 Å². The van der Waals surface area contributed by atoms with Crippen LogP contribution in [-0.2, 0) is 24.6 Å². The molecule has 7 nitrogen and oxygen atoms in total. The molecule has 0 saturated heterocycles. The molecule has 200 valence electrons. The van der Waals surface area contributed by atoms with E-state index in [9.17, 15) is 18.3 Å². The van der Waals surface area contributed by atoms with Gasteiger partial charge in [0.2, 0.25) is 0 Å². The highest BCUT2D eigenvalue weighted by atomic mass is 19.4. The van der Waals surface area contributed by atoms with Crippen LogP contribution < -0.4 is 4.74 Å². The Balaban J connectivity index is 1.61. The average Bonchev–Trinajstić information content (AvgIpc) is 3.49. The normalized spacial score (nSPS) is 17.9. The number of halogens is 3.